The molecule has 1 aliphatic carbocycles. The molecule has 1 saturated heterocycles. The van der Waals surface area contributed by atoms with Gasteiger partial charge in [-0.15, -0.1) is 0 Å². The second-order valence-corrected chi connectivity index (χ2v) is 14.2. The van der Waals surface area contributed by atoms with Crippen LogP contribution >= 0.6 is 0 Å². The van der Waals surface area contributed by atoms with E-state index in [4.69, 9.17) is 19.2 Å². The maximum atomic E-state index is 14.4. The molecule has 3 aliphatic rings. The number of aromatic nitrogens is 1. The van der Waals surface area contributed by atoms with E-state index in [1.54, 1.807) is 27.7 Å². The zero-order chi connectivity index (χ0) is 34.8. The summed E-state index contributed by atoms with van der Waals surface area (Å²) in [6.45, 7) is 7.28. The Balaban J connectivity index is 1.33. The molecule has 11 heteroatoms. The number of alkyl carbamates (subject to hydrolysis) is 1. The Hall–Kier alpha value is -4.67. The van der Waals surface area contributed by atoms with Gasteiger partial charge in [0.25, 0.3) is 0 Å². The van der Waals surface area contributed by atoms with E-state index in [2.05, 4.69) is 10.6 Å². The van der Waals surface area contributed by atoms with E-state index in [9.17, 15) is 19.2 Å². The van der Waals surface area contributed by atoms with Gasteiger partial charge in [0.15, 0.2) is 0 Å². The highest BCUT2D eigenvalue weighted by atomic mass is 16.6. The van der Waals surface area contributed by atoms with Crippen molar-refractivity contribution in [2.75, 3.05) is 13.2 Å². The molecular formula is C38H46N4O7. The lowest BCUT2D eigenvalue weighted by Gasteiger charge is -2.30. The van der Waals surface area contributed by atoms with Crippen molar-refractivity contribution in [1.82, 2.24) is 20.5 Å². The molecule has 3 aromatic rings. The number of pyridine rings is 1. The van der Waals surface area contributed by atoms with Gasteiger partial charge in [0.1, 0.15) is 29.3 Å². The van der Waals surface area contributed by atoms with Crippen LogP contribution in [0.4, 0.5) is 4.79 Å². The number of amides is 3. The lowest BCUT2D eigenvalue weighted by Crippen LogP contribution is -2.56. The number of ether oxygens (including phenoxy) is 3. The number of allylic oxidation sites excluding steroid dienone is 1. The molecule has 1 saturated carbocycles. The van der Waals surface area contributed by atoms with Gasteiger partial charge in [-0.1, -0.05) is 61.4 Å². The Morgan fingerprint density at radius 3 is 2.51 bits per heavy atom. The number of hydrogen-bond donors (Lipinski definition) is 2. The van der Waals surface area contributed by atoms with Gasteiger partial charge in [0.05, 0.1) is 18.7 Å². The number of esters is 1. The van der Waals surface area contributed by atoms with E-state index < -0.39 is 53.2 Å². The first-order valence-electron chi connectivity index (χ1n) is 17.4. The molecule has 0 radical (unpaired) electrons. The van der Waals surface area contributed by atoms with Crippen LogP contribution in [0, 0.1) is 5.92 Å². The summed E-state index contributed by atoms with van der Waals surface area (Å²) in [4.78, 5) is 61.1. The minimum absolute atomic E-state index is 0.0853. The Morgan fingerprint density at radius 1 is 1.02 bits per heavy atom. The van der Waals surface area contributed by atoms with Crippen molar-refractivity contribution in [2.24, 2.45) is 5.92 Å². The number of hydrogen-bond acceptors (Lipinski definition) is 8. The van der Waals surface area contributed by atoms with E-state index in [1.807, 2.05) is 60.7 Å². The number of carbonyl (C=O) groups excluding carboxylic acids is 4. The van der Waals surface area contributed by atoms with E-state index in [0.717, 1.165) is 40.9 Å². The van der Waals surface area contributed by atoms with Crippen LogP contribution in [0.3, 0.4) is 0 Å². The fourth-order valence-corrected chi connectivity index (χ4v) is 6.96. The number of benzene rings is 2. The Morgan fingerprint density at radius 2 is 1.76 bits per heavy atom. The van der Waals surface area contributed by atoms with Gasteiger partial charge in [-0.2, -0.15) is 0 Å². The summed E-state index contributed by atoms with van der Waals surface area (Å²) in [5.74, 6) is -1.14. The molecule has 5 atom stereocenters. The highest BCUT2D eigenvalue weighted by Crippen LogP contribution is 2.46. The van der Waals surface area contributed by atoms with Crippen LogP contribution in [0.2, 0.25) is 0 Å². The first-order valence-corrected chi connectivity index (χ1v) is 17.4. The minimum Gasteiger partial charge on any atom is -0.472 e. The smallest absolute Gasteiger partial charge is 0.408 e. The molecule has 2 N–H and O–H groups in total. The third-order valence-electron chi connectivity index (χ3n) is 9.42. The molecule has 2 fully saturated rings. The van der Waals surface area contributed by atoms with Crippen LogP contribution in [0.1, 0.15) is 72.6 Å². The van der Waals surface area contributed by atoms with Gasteiger partial charge in [-0.05, 0) is 70.9 Å². The molecule has 11 nitrogen and oxygen atoms in total. The summed E-state index contributed by atoms with van der Waals surface area (Å²) >= 11 is 0. The fourth-order valence-electron chi connectivity index (χ4n) is 6.96. The summed E-state index contributed by atoms with van der Waals surface area (Å²) in [6, 6.07) is 13.8. The molecule has 3 amide bonds. The lowest BCUT2D eigenvalue weighted by molar-refractivity contribution is -0.150. The number of para-hydroxylation sites is 1. The van der Waals surface area contributed by atoms with Crippen LogP contribution in [-0.2, 0) is 23.9 Å². The molecular weight excluding hydrogens is 624 g/mol. The maximum Gasteiger partial charge on any atom is 0.408 e. The maximum absolute atomic E-state index is 14.4. The van der Waals surface area contributed by atoms with Gasteiger partial charge in [0, 0.05) is 23.1 Å². The van der Waals surface area contributed by atoms with Crippen LogP contribution in [0.15, 0.2) is 60.7 Å². The van der Waals surface area contributed by atoms with Crippen molar-refractivity contribution in [3.05, 3.63) is 60.7 Å². The highest BCUT2D eigenvalue weighted by molar-refractivity contribution is 6.07. The van der Waals surface area contributed by atoms with Crippen molar-refractivity contribution in [2.45, 2.75) is 102 Å². The summed E-state index contributed by atoms with van der Waals surface area (Å²) in [6.07, 6.45) is 6.92. The third-order valence-corrected chi connectivity index (χ3v) is 9.42. The van der Waals surface area contributed by atoms with Crippen LogP contribution in [-0.4, -0.2) is 76.2 Å². The summed E-state index contributed by atoms with van der Waals surface area (Å²) < 4.78 is 17.5. The zero-order valence-corrected chi connectivity index (χ0v) is 28.7. The first-order chi connectivity index (χ1) is 23.5. The molecule has 6 rings (SSSR count). The average Bonchev–Trinajstić information content (AvgIpc) is 3.59. The lowest BCUT2D eigenvalue weighted by atomic mass is 10.0. The van der Waals surface area contributed by atoms with E-state index >= 15 is 0 Å². The largest absolute Gasteiger partial charge is 0.472 e. The normalized spacial score (nSPS) is 26.2. The molecule has 0 unspecified atom stereocenters. The van der Waals surface area contributed by atoms with Gasteiger partial charge in [0.2, 0.25) is 17.7 Å². The number of fused-ring (bicyclic) bond motifs is 5. The van der Waals surface area contributed by atoms with E-state index in [0.29, 0.717) is 25.1 Å². The van der Waals surface area contributed by atoms with Gasteiger partial charge in [-0.25, -0.2) is 14.6 Å². The number of carbonyl (C=O) groups is 4. The topological polar surface area (TPSA) is 136 Å². The monoisotopic (exact) mass is 670 g/mol. The van der Waals surface area contributed by atoms with Gasteiger partial charge in [-0.3, -0.25) is 9.59 Å². The second-order valence-electron chi connectivity index (χ2n) is 14.2. The van der Waals surface area contributed by atoms with Crippen molar-refractivity contribution in [3.63, 3.8) is 0 Å². The molecule has 0 bridgehead atoms. The number of nitrogens with one attached hydrogen (secondary N) is 2. The molecule has 2 aromatic carbocycles. The molecule has 49 heavy (non-hydrogen) atoms. The van der Waals surface area contributed by atoms with Crippen molar-refractivity contribution < 1.29 is 33.4 Å². The third kappa shape index (κ3) is 7.50. The molecule has 260 valence electrons. The molecule has 0 spiro atoms. The fraction of sp³-hybridized carbons (Fsp3) is 0.500. The second kappa shape index (κ2) is 14.1. The number of rotatable bonds is 5. The van der Waals surface area contributed by atoms with Crippen LogP contribution in [0.5, 0.6) is 5.88 Å². The van der Waals surface area contributed by atoms with E-state index in [-0.39, 0.29) is 25.5 Å². The van der Waals surface area contributed by atoms with Gasteiger partial charge >= 0.3 is 12.1 Å². The van der Waals surface area contributed by atoms with Gasteiger partial charge < -0.3 is 29.7 Å². The van der Waals surface area contributed by atoms with Crippen LogP contribution in [0.25, 0.3) is 21.7 Å². The summed E-state index contributed by atoms with van der Waals surface area (Å²) in [5, 5.41) is 8.58. The molecule has 3 heterocycles. The Labute approximate surface area is 286 Å². The highest BCUT2D eigenvalue weighted by Gasteiger charge is 2.62. The molecule has 2 aliphatic heterocycles. The predicted molar refractivity (Wildman–Crippen MR) is 185 cm³/mol. The first kappa shape index (κ1) is 34.2. The number of nitrogens with zero attached hydrogens (tertiary/aromatic N) is 2. The minimum atomic E-state index is -1.19. The van der Waals surface area contributed by atoms with Crippen molar-refractivity contribution >= 4 is 45.6 Å². The molecule has 1 aromatic heterocycles. The Kier molecular flexibility index (Phi) is 9.81. The SMILES string of the molecule is CCOC(=O)[C@@]12C[C@H]1C=CCCCCC[C@H](NC(=O)OC(C)(C)C)C(=O)N1C[C@H](Oc3nc4ccccc4c4ccccc34)C[C@H]1C(=O)N2. The average molecular weight is 671 g/mol. The van der Waals surface area contributed by atoms with Crippen molar-refractivity contribution in [3.8, 4) is 5.88 Å². The van der Waals surface area contributed by atoms with Crippen molar-refractivity contribution in [1.29, 1.82) is 0 Å². The van der Waals surface area contributed by atoms with E-state index in [1.165, 1.54) is 4.90 Å². The quantitative estimate of drug-likeness (QED) is 0.204. The zero-order valence-electron chi connectivity index (χ0n) is 28.7. The van der Waals surface area contributed by atoms with Crippen LogP contribution < -0.4 is 15.4 Å². The Bertz CT molecular complexity index is 1770. The standard InChI is InChI=1S/C38H46N4O7/c1-5-47-35(45)38-22-24(38)15-9-7-6-8-10-20-30(40-36(46)49-37(2,3)4)34(44)42-23-25(21-31(42)32(43)41-38)48-33-28-18-12-11-16-26(28)27-17-13-14-19-29(27)39-33/h9,11-19,24-25,30-31H,5-8,10,20-23H2,1-4H3,(H,40,46)(H,41,43)/t24-,25-,30+,31+,38-/m1/s1. The summed E-state index contributed by atoms with van der Waals surface area (Å²) in [5.41, 5.74) is -1.18. The summed E-state index contributed by atoms with van der Waals surface area (Å²) in [7, 11) is 0. The predicted octanol–water partition coefficient (Wildman–Crippen LogP) is 5.59.